The normalized spacial score (nSPS) is 9.47. The number of nitrogens with one attached hydrogen (secondary N) is 1. The van der Waals surface area contributed by atoms with Gasteiger partial charge in [-0.25, -0.2) is 0 Å². The Labute approximate surface area is 115 Å². The lowest BCUT2D eigenvalue weighted by Gasteiger charge is -2.05. The Morgan fingerprint density at radius 3 is 2.95 bits per heavy atom. The van der Waals surface area contributed by atoms with Crippen molar-refractivity contribution < 1.29 is 14.3 Å². The first kappa shape index (κ1) is 15.1. The predicted octanol–water partition coefficient (Wildman–Crippen LogP) is 1.79. The number of rotatable bonds is 6. The molecule has 1 aromatic carbocycles. The highest BCUT2D eigenvalue weighted by Gasteiger charge is 2.05. The standard InChI is InChI=1S/C13H14N2O3S/c1-18-13(17)9-19-6-5-12(16)15-11-4-2-3-10(7-11)8-14/h2-4,7H,5-6,9H2,1H3,(H,15,16). The molecule has 0 unspecified atom stereocenters. The van der Waals surface area contributed by atoms with Crippen LogP contribution in [0.3, 0.4) is 0 Å². The van der Waals surface area contributed by atoms with Gasteiger partial charge in [0, 0.05) is 17.9 Å². The SMILES string of the molecule is COC(=O)CSCCC(=O)Nc1cccc(C#N)c1. The molecule has 0 fully saturated rings. The number of benzene rings is 1. The van der Waals surface area contributed by atoms with Crippen LogP contribution >= 0.6 is 11.8 Å². The van der Waals surface area contributed by atoms with E-state index in [1.807, 2.05) is 6.07 Å². The highest BCUT2D eigenvalue weighted by atomic mass is 32.2. The largest absolute Gasteiger partial charge is 0.468 e. The van der Waals surface area contributed by atoms with E-state index in [1.54, 1.807) is 24.3 Å². The third kappa shape index (κ3) is 5.93. The lowest BCUT2D eigenvalue weighted by molar-refractivity contribution is -0.137. The number of carbonyl (C=O) groups excluding carboxylic acids is 2. The molecule has 0 aliphatic heterocycles. The molecule has 0 aliphatic rings. The van der Waals surface area contributed by atoms with Gasteiger partial charge in [-0.1, -0.05) is 6.07 Å². The van der Waals surface area contributed by atoms with E-state index in [9.17, 15) is 9.59 Å². The smallest absolute Gasteiger partial charge is 0.315 e. The summed E-state index contributed by atoms with van der Waals surface area (Å²) < 4.78 is 4.49. The molecule has 100 valence electrons. The molecular formula is C13H14N2O3S. The predicted molar refractivity (Wildman–Crippen MR) is 73.7 cm³/mol. The maximum absolute atomic E-state index is 11.6. The number of anilines is 1. The fourth-order valence-electron chi connectivity index (χ4n) is 1.27. The number of nitriles is 1. The molecule has 1 amide bonds. The van der Waals surface area contributed by atoms with Crippen molar-refractivity contribution in [2.75, 3.05) is 23.9 Å². The summed E-state index contributed by atoms with van der Waals surface area (Å²) in [7, 11) is 1.33. The minimum absolute atomic E-state index is 0.146. The van der Waals surface area contributed by atoms with Crippen LogP contribution < -0.4 is 5.32 Å². The van der Waals surface area contributed by atoms with Crippen molar-refractivity contribution in [2.45, 2.75) is 6.42 Å². The molecule has 1 N–H and O–H groups in total. The van der Waals surface area contributed by atoms with Crippen molar-refractivity contribution in [1.29, 1.82) is 5.26 Å². The third-order valence-electron chi connectivity index (χ3n) is 2.20. The third-order valence-corrected chi connectivity index (χ3v) is 3.13. The van der Waals surface area contributed by atoms with E-state index in [0.29, 0.717) is 23.4 Å². The fourth-order valence-corrected chi connectivity index (χ4v) is 2.03. The van der Waals surface area contributed by atoms with Crippen molar-refractivity contribution in [3.63, 3.8) is 0 Å². The van der Waals surface area contributed by atoms with Gasteiger partial charge in [-0.05, 0) is 18.2 Å². The van der Waals surface area contributed by atoms with E-state index in [2.05, 4.69) is 10.1 Å². The van der Waals surface area contributed by atoms with Crippen molar-refractivity contribution in [1.82, 2.24) is 0 Å². The van der Waals surface area contributed by atoms with Crippen LogP contribution in [0.4, 0.5) is 5.69 Å². The average molecular weight is 278 g/mol. The molecule has 1 aromatic rings. The Kier molecular flexibility index (Phi) is 6.47. The van der Waals surface area contributed by atoms with Crippen LogP contribution in [0.5, 0.6) is 0 Å². The van der Waals surface area contributed by atoms with E-state index in [4.69, 9.17) is 5.26 Å². The second kappa shape index (κ2) is 8.16. The molecular weight excluding hydrogens is 264 g/mol. The van der Waals surface area contributed by atoms with E-state index >= 15 is 0 Å². The van der Waals surface area contributed by atoms with Crippen LogP contribution in [0.1, 0.15) is 12.0 Å². The van der Waals surface area contributed by atoms with Crippen molar-refractivity contribution in [3.05, 3.63) is 29.8 Å². The average Bonchev–Trinajstić information content (AvgIpc) is 2.43. The summed E-state index contributed by atoms with van der Waals surface area (Å²) >= 11 is 1.34. The summed E-state index contributed by atoms with van der Waals surface area (Å²) in [5, 5.41) is 11.4. The van der Waals surface area contributed by atoms with Crippen molar-refractivity contribution in [3.8, 4) is 6.07 Å². The summed E-state index contributed by atoms with van der Waals surface area (Å²) in [6, 6.07) is 8.72. The van der Waals surface area contributed by atoms with Gasteiger partial charge in [-0.15, -0.1) is 11.8 Å². The molecule has 5 nitrogen and oxygen atoms in total. The van der Waals surface area contributed by atoms with Crippen molar-refractivity contribution >= 4 is 29.3 Å². The Morgan fingerprint density at radius 1 is 1.47 bits per heavy atom. The Balaban J connectivity index is 2.31. The monoisotopic (exact) mass is 278 g/mol. The van der Waals surface area contributed by atoms with Gasteiger partial charge in [0.2, 0.25) is 5.91 Å². The molecule has 0 saturated heterocycles. The quantitative estimate of drug-likeness (QED) is 0.634. The molecule has 1 rings (SSSR count). The molecule has 19 heavy (non-hydrogen) atoms. The van der Waals surface area contributed by atoms with E-state index in [-0.39, 0.29) is 17.6 Å². The molecule has 0 radical (unpaired) electrons. The molecule has 0 heterocycles. The summed E-state index contributed by atoms with van der Waals surface area (Å²) in [4.78, 5) is 22.4. The van der Waals surface area contributed by atoms with E-state index in [0.717, 1.165) is 0 Å². The van der Waals surface area contributed by atoms with Crippen LogP contribution in [0.25, 0.3) is 0 Å². The number of esters is 1. The molecule has 0 bridgehead atoms. The minimum Gasteiger partial charge on any atom is -0.468 e. The number of methoxy groups -OCH3 is 1. The highest BCUT2D eigenvalue weighted by Crippen LogP contribution is 2.11. The summed E-state index contributed by atoms with van der Waals surface area (Å²) in [5.74, 6) is 0.339. The lowest BCUT2D eigenvalue weighted by atomic mass is 10.2. The van der Waals surface area contributed by atoms with Gasteiger partial charge in [0.05, 0.1) is 24.5 Å². The van der Waals surface area contributed by atoms with Crippen molar-refractivity contribution in [2.24, 2.45) is 0 Å². The molecule has 0 aliphatic carbocycles. The number of carbonyl (C=O) groups is 2. The lowest BCUT2D eigenvalue weighted by Crippen LogP contribution is -2.13. The first-order chi connectivity index (χ1) is 9.15. The van der Waals surface area contributed by atoms with Gasteiger partial charge >= 0.3 is 5.97 Å². The summed E-state index contributed by atoms with van der Waals surface area (Å²) in [6.45, 7) is 0. The Bertz CT molecular complexity index is 497. The topological polar surface area (TPSA) is 79.2 Å². The molecule has 0 atom stereocenters. The van der Waals surface area contributed by atoms with Gasteiger partial charge in [-0.2, -0.15) is 5.26 Å². The summed E-state index contributed by atoms with van der Waals surface area (Å²) in [6.07, 6.45) is 0.304. The number of hydrogen-bond acceptors (Lipinski definition) is 5. The zero-order valence-electron chi connectivity index (χ0n) is 10.5. The second-order valence-electron chi connectivity index (χ2n) is 3.62. The maximum atomic E-state index is 11.6. The molecule has 0 spiro atoms. The minimum atomic E-state index is -0.299. The van der Waals surface area contributed by atoms with Gasteiger partial charge in [0.15, 0.2) is 0 Å². The first-order valence-corrected chi connectivity index (χ1v) is 6.75. The second-order valence-corrected chi connectivity index (χ2v) is 4.72. The van der Waals surface area contributed by atoms with Gasteiger partial charge in [0.1, 0.15) is 0 Å². The van der Waals surface area contributed by atoms with Gasteiger partial charge in [-0.3, -0.25) is 9.59 Å². The Hall–Kier alpha value is -2.00. The number of nitrogens with zero attached hydrogens (tertiary/aromatic N) is 1. The molecule has 0 aromatic heterocycles. The number of ether oxygens (including phenoxy) is 1. The number of amides is 1. The first-order valence-electron chi connectivity index (χ1n) is 5.60. The van der Waals surface area contributed by atoms with Crippen LogP contribution in [-0.4, -0.2) is 30.5 Å². The van der Waals surface area contributed by atoms with Crippen LogP contribution in [-0.2, 0) is 14.3 Å². The van der Waals surface area contributed by atoms with Crippen LogP contribution in [0.15, 0.2) is 24.3 Å². The van der Waals surface area contributed by atoms with Crippen LogP contribution in [0, 0.1) is 11.3 Å². The van der Waals surface area contributed by atoms with E-state index < -0.39 is 0 Å². The zero-order valence-corrected chi connectivity index (χ0v) is 11.3. The molecule has 6 heteroatoms. The summed E-state index contributed by atoms with van der Waals surface area (Å²) in [5.41, 5.74) is 1.10. The van der Waals surface area contributed by atoms with Gasteiger partial charge in [0.25, 0.3) is 0 Å². The highest BCUT2D eigenvalue weighted by molar-refractivity contribution is 7.99. The van der Waals surface area contributed by atoms with E-state index in [1.165, 1.54) is 18.9 Å². The Morgan fingerprint density at radius 2 is 2.26 bits per heavy atom. The zero-order chi connectivity index (χ0) is 14.1. The number of hydrogen-bond donors (Lipinski definition) is 1. The maximum Gasteiger partial charge on any atom is 0.315 e. The van der Waals surface area contributed by atoms with Gasteiger partial charge < -0.3 is 10.1 Å². The fraction of sp³-hybridized carbons (Fsp3) is 0.308. The molecule has 0 saturated carbocycles. The van der Waals surface area contributed by atoms with Crippen LogP contribution in [0.2, 0.25) is 0 Å². The number of thioether (sulfide) groups is 1.